The first-order valence-corrected chi connectivity index (χ1v) is 5.46. The summed E-state index contributed by atoms with van der Waals surface area (Å²) in [6, 6.07) is 3.11. The Labute approximate surface area is 109 Å². The summed E-state index contributed by atoms with van der Waals surface area (Å²) in [5, 5.41) is 8.56. The number of nitriles is 1. The SMILES string of the molecule is N#CCc1cc(CN)nc(I)c1OC(F)(F)F. The lowest BCUT2D eigenvalue weighted by Gasteiger charge is -2.14. The third-order valence-corrected chi connectivity index (χ3v) is 2.49. The third-order valence-electron chi connectivity index (χ3n) is 1.76. The highest BCUT2D eigenvalue weighted by Crippen LogP contribution is 2.31. The second-order valence-corrected chi connectivity index (χ2v) is 4.00. The van der Waals surface area contributed by atoms with Gasteiger partial charge >= 0.3 is 6.36 Å². The van der Waals surface area contributed by atoms with Gasteiger partial charge in [0.15, 0.2) is 5.75 Å². The molecule has 1 aromatic heterocycles. The van der Waals surface area contributed by atoms with Crippen molar-refractivity contribution in [1.82, 2.24) is 4.98 Å². The first-order valence-electron chi connectivity index (χ1n) is 4.38. The molecule has 0 amide bonds. The van der Waals surface area contributed by atoms with Gasteiger partial charge in [-0.05, 0) is 28.7 Å². The van der Waals surface area contributed by atoms with Crippen molar-refractivity contribution in [3.8, 4) is 11.8 Å². The molecule has 1 rings (SSSR count). The van der Waals surface area contributed by atoms with Crippen LogP contribution in [0, 0.1) is 15.0 Å². The van der Waals surface area contributed by atoms with E-state index in [9.17, 15) is 13.2 Å². The van der Waals surface area contributed by atoms with Gasteiger partial charge in [-0.15, -0.1) is 13.2 Å². The zero-order valence-corrected chi connectivity index (χ0v) is 10.5. The van der Waals surface area contributed by atoms with Gasteiger partial charge in [0.25, 0.3) is 0 Å². The number of halogens is 4. The third kappa shape index (κ3) is 4.01. The second kappa shape index (κ2) is 5.50. The van der Waals surface area contributed by atoms with Crippen molar-refractivity contribution >= 4 is 22.6 Å². The number of aromatic nitrogens is 1. The number of nitrogens with zero attached hydrogens (tertiary/aromatic N) is 2. The minimum absolute atomic E-state index is 0.0353. The average molecular weight is 357 g/mol. The van der Waals surface area contributed by atoms with Crippen molar-refractivity contribution in [2.24, 2.45) is 5.73 Å². The van der Waals surface area contributed by atoms with Crippen molar-refractivity contribution in [2.75, 3.05) is 0 Å². The Morgan fingerprint density at radius 3 is 2.65 bits per heavy atom. The van der Waals surface area contributed by atoms with E-state index in [0.717, 1.165) is 0 Å². The fourth-order valence-electron chi connectivity index (χ4n) is 1.15. The molecular weight excluding hydrogens is 350 g/mol. The molecule has 0 spiro atoms. The molecule has 0 aromatic carbocycles. The molecule has 0 aliphatic carbocycles. The molecular formula is C9H7F3IN3O. The molecule has 8 heteroatoms. The summed E-state index contributed by atoms with van der Waals surface area (Å²) in [5.74, 6) is -0.433. The summed E-state index contributed by atoms with van der Waals surface area (Å²) < 4.78 is 40.4. The molecule has 0 radical (unpaired) electrons. The predicted molar refractivity (Wildman–Crippen MR) is 60.8 cm³/mol. The molecule has 2 N–H and O–H groups in total. The normalized spacial score (nSPS) is 11.1. The maximum atomic E-state index is 12.2. The molecule has 1 heterocycles. The highest BCUT2D eigenvalue weighted by molar-refractivity contribution is 14.1. The molecule has 0 aliphatic rings. The van der Waals surface area contributed by atoms with Gasteiger partial charge in [-0.2, -0.15) is 5.26 Å². The highest BCUT2D eigenvalue weighted by atomic mass is 127. The zero-order chi connectivity index (χ0) is 13.1. The molecule has 1 aromatic rings. The first kappa shape index (κ1) is 14.0. The molecule has 0 aliphatic heterocycles. The molecule has 4 nitrogen and oxygen atoms in total. The van der Waals surface area contributed by atoms with E-state index in [4.69, 9.17) is 11.0 Å². The average Bonchev–Trinajstić information content (AvgIpc) is 2.21. The van der Waals surface area contributed by atoms with Crippen molar-refractivity contribution in [2.45, 2.75) is 19.3 Å². The molecule has 0 atom stereocenters. The number of nitrogens with two attached hydrogens (primary N) is 1. The smallest absolute Gasteiger partial charge is 0.403 e. The molecule has 0 saturated heterocycles. The van der Waals surface area contributed by atoms with Crippen LogP contribution in [0.15, 0.2) is 6.07 Å². The second-order valence-electron chi connectivity index (χ2n) is 2.98. The molecule has 0 fully saturated rings. The summed E-state index contributed by atoms with van der Waals surface area (Å²) in [4.78, 5) is 3.85. The number of hydrogen-bond acceptors (Lipinski definition) is 4. The Bertz CT molecular complexity index is 456. The topological polar surface area (TPSA) is 71.9 Å². The van der Waals surface area contributed by atoms with Crippen molar-refractivity contribution in [1.29, 1.82) is 5.26 Å². The minimum atomic E-state index is -4.81. The molecule has 0 bridgehead atoms. The maximum Gasteiger partial charge on any atom is 0.573 e. The van der Waals surface area contributed by atoms with Crippen LogP contribution < -0.4 is 10.5 Å². The molecule has 0 saturated carbocycles. The van der Waals surface area contributed by atoms with Crippen LogP contribution in [0.5, 0.6) is 5.75 Å². The van der Waals surface area contributed by atoms with Gasteiger partial charge in [0.05, 0.1) is 18.2 Å². The zero-order valence-electron chi connectivity index (χ0n) is 8.38. The minimum Gasteiger partial charge on any atom is -0.403 e. The summed E-state index contributed by atoms with van der Waals surface area (Å²) >= 11 is 1.61. The number of alkyl halides is 3. The van der Waals surface area contributed by atoms with Crippen LogP contribution in [-0.2, 0) is 13.0 Å². The van der Waals surface area contributed by atoms with Gasteiger partial charge in [-0.25, -0.2) is 4.98 Å². The van der Waals surface area contributed by atoms with Crippen LogP contribution in [-0.4, -0.2) is 11.3 Å². The summed E-state index contributed by atoms with van der Waals surface area (Å²) in [6.45, 7) is 0.0841. The number of ether oxygens (including phenoxy) is 1. The fourth-order valence-corrected chi connectivity index (χ4v) is 1.92. The lowest BCUT2D eigenvalue weighted by Crippen LogP contribution is -2.20. The van der Waals surface area contributed by atoms with Crippen LogP contribution >= 0.6 is 22.6 Å². The van der Waals surface area contributed by atoms with E-state index in [-0.39, 0.29) is 22.2 Å². The van der Waals surface area contributed by atoms with E-state index < -0.39 is 12.1 Å². The largest absolute Gasteiger partial charge is 0.573 e. The van der Waals surface area contributed by atoms with Crippen molar-refractivity contribution in [3.63, 3.8) is 0 Å². The van der Waals surface area contributed by atoms with E-state index >= 15 is 0 Å². The van der Waals surface area contributed by atoms with Crippen LogP contribution in [0.2, 0.25) is 0 Å². The molecule has 17 heavy (non-hydrogen) atoms. The fraction of sp³-hybridized carbons (Fsp3) is 0.333. The lowest BCUT2D eigenvalue weighted by atomic mass is 10.1. The Morgan fingerprint density at radius 2 is 2.18 bits per heavy atom. The monoisotopic (exact) mass is 357 g/mol. The van der Waals surface area contributed by atoms with Crippen LogP contribution in [0.4, 0.5) is 13.2 Å². The van der Waals surface area contributed by atoms with E-state index in [2.05, 4.69) is 9.72 Å². The van der Waals surface area contributed by atoms with E-state index in [0.29, 0.717) is 5.69 Å². The van der Waals surface area contributed by atoms with Crippen molar-refractivity contribution < 1.29 is 17.9 Å². The van der Waals surface area contributed by atoms with Gasteiger partial charge in [0.2, 0.25) is 0 Å². The first-order chi connectivity index (χ1) is 7.87. The summed E-state index contributed by atoms with van der Waals surface area (Å²) in [7, 11) is 0. The predicted octanol–water partition coefficient (Wildman–Crippen LogP) is 2.11. The highest BCUT2D eigenvalue weighted by Gasteiger charge is 2.33. The lowest BCUT2D eigenvalue weighted by molar-refractivity contribution is -0.275. The van der Waals surface area contributed by atoms with Gasteiger partial charge in [-0.3, -0.25) is 0 Å². The molecule has 92 valence electrons. The standard InChI is InChI=1S/C9H7F3IN3O/c10-9(11,12)17-7-5(1-2-14)3-6(4-15)16-8(7)13/h3H,1,4,15H2. The quantitative estimate of drug-likeness (QED) is 0.665. The Balaban J connectivity index is 3.22. The summed E-state index contributed by atoms with van der Waals surface area (Å²) in [5.41, 5.74) is 5.89. The Morgan fingerprint density at radius 1 is 1.53 bits per heavy atom. The van der Waals surface area contributed by atoms with E-state index in [1.54, 1.807) is 28.7 Å². The van der Waals surface area contributed by atoms with E-state index in [1.165, 1.54) is 6.07 Å². The Kier molecular flexibility index (Phi) is 4.53. The van der Waals surface area contributed by atoms with Crippen LogP contribution in [0.25, 0.3) is 0 Å². The maximum absolute atomic E-state index is 12.2. The summed E-state index contributed by atoms with van der Waals surface area (Å²) in [6.07, 6.45) is -5.01. The van der Waals surface area contributed by atoms with Gasteiger partial charge in [0, 0.05) is 12.1 Å². The number of pyridine rings is 1. The van der Waals surface area contributed by atoms with Gasteiger partial charge in [0.1, 0.15) is 3.70 Å². The van der Waals surface area contributed by atoms with Crippen LogP contribution in [0.1, 0.15) is 11.3 Å². The van der Waals surface area contributed by atoms with Gasteiger partial charge < -0.3 is 10.5 Å². The Hall–Kier alpha value is -1.08. The van der Waals surface area contributed by atoms with Gasteiger partial charge in [-0.1, -0.05) is 0 Å². The molecule has 0 unspecified atom stereocenters. The van der Waals surface area contributed by atoms with Crippen LogP contribution in [0.3, 0.4) is 0 Å². The number of hydrogen-bond donors (Lipinski definition) is 1. The van der Waals surface area contributed by atoms with Crippen molar-refractivity contribution in [3.05, 3.63) is 21.0 Å². The van der Waals surface area contributed by atoms with E-state index in [1.807, 2.05) is 0 Å². The number of rotatable bonds is 3.